The van der Waals surface area contributed by atoms with Crippen LogP contribution in [-0.2, 0) is 4.79 Å². The molecule has 0 spiro atoms. The Bertz CT molecular complexity index is 384. The molecule has 0 aromatic carbocycles. The number of piperidine rings is 1. The predicted octanol–water partition coefficient (Wildman–Crippen LogP) is 1.59. The molecular weight excluding hydrogens is 202 g/mol. The predicted molar refractivity (Wildman–Crippen MR) is 62.4 cm³/mol. The van der Waals surface area contributed by atoms with Crippen molar-refractivity contribution in [1.29, 1.82) is 0 Å². The Kier molecular flexibility index (Phi) is 3.17. The summed E-state index contributed by atoms with van der Waals surface area (Å²) in [4.78, 5) is 13.5. The van der Waals surface area contributed by atoms with Gasteiger partial charge in [0.1, 0.15) is 5.78 Å². The lowest BCUT2D eigenvalue weighted by atomic mass is 9.93. The van der Waals surface area contributed by atoms with E-state index in [0.29, 0.717) is 5.78 Å². The fourth-order valence-electron chi connectivity index (χ4n) is 2.12. The lowest BCUT2D eigenvalue weighted by Crippen LogP contribution is -2.36. The van der Waals surface area contributed by atoms with Gasteiger partial charge in [-0.1, -0.05) is 0 Å². The molecule has 1 aromatic rings. The van der Waals surface area contributed by atoms with Crippen molar-refractivity contribution in [2.24, 2.45) is 5.92 Å². The standard InChI is InChI=1S/C12H17N3O/c1-9-7-12(14-13-8-9)15-5-3-11(4-6-15)10(2)16/h7-8,11H,3-6H2,1-2H3. The summed E-state index contributed by atoms with van der Waals surface area (Å²) < 4.78 is 0. The van der Waals surface area contributed by atoms with Crippen LogP contribution < -0.4 is 4.90 Å². The van der Waals surface area contributed by atoms with Crippen LogP contribution in [0.4, 0.5) is 5.82 Å². The summed E-state index contributed by atoms with van der Waals surface area (Å²) in [6.45, 7) is 5.51. The summed E-state index contributed by atoms with van der Waals surface area (Å²) >= 11 is 0. The van der Waals surface area contributed by atoms with Gasteiger partial charge in [0.2, 0.25) is 0 Å². The van der Waals surface area contributed by atoms with E-state index in [0.717, 1.165) is 37.3 Å². The van der Waals surface area contributed by atoms with Gasteiger partial charge in [-0.05, 0) is 38.3 Å². The first-order valence-electron chi connectivity index (χ1n) is 5.71. The van der Waals surface area contributed by atoms with Crippen molar-refractivity contribution in [3.8, 4) is 0 Å². The quantitative estimate of drug-likeness (QED) is 0.757. The second kappa shape index (κ2) is 4.60. The van der Waals surface area contributed by atoms with E-state index in [1.807, 2.05) is 13.0 Å². The van der Waals surface area contributed by atoms with Crippen LogP contribution in [0.3, 0.4) is 0 Å². The van der Waals surface area contributed by atoms with Crippen LogP contribution in [0.5, 0.6) is 0 Å². The highest BCUT2D eigenvalue weighted by Gasteiger charge is 2.23. The van der Waals surface area contributed by atoms with Gasteiger partial charge in [0.25, 0.3) is 0 Å². The topological polar surface area (TPSA) is 46.1 Å². The molecular formula is C12H17N3O. The number of aryl methyl sites for hydroxylation is 1. The zero-order chi connectivity index (χ0) is 11.5. The fraction of sp³-hybridized carbons (Fsp3) is 0.583. The van der Waals surface area contributed by atoms with Crippen LogP contribution in [0.2, 0.25) is 0 Å². The summed E-state index contributed by atoms with van der Waals surface area (Å²) in [5.74, 6) is 1.49. The number of carbonyl (C=O) groups excluding carboxylic acids is 1. The van der Waals surface area contributed by atoms with Gasteiger partial charge in [0, 0.05) is 19.0 Å². The van der Waals surface area contributed by atoms with E-state index in [-0.39, 0.29) is 5.92 Å². The largest absolute Gasteiger partial charge is 0.355 e. The Labute approximate surface area is 95.7 Å². The number of hydrogen-bond acceptors (Lipinski definition) is 4. The Morgan fingerprint density at radius 1 is 1.44 bits per heavy atom. The molecule has 0 bridgehead atoms. The molecule has 1 aliphatic heterocycles. The number of carbonyl (C=O) groups is 1. The molecule has 4 heteroatoms. The molecule has 86 valence electrons. The second-order valence-electron chi connectivity index (χ2n) is 4.46. The lowest BCUT2D eigenvalue weighted by Gasteiger charge is -2.31. The SMILES string of the molecule is CC(=O)C1CCN(c2cc(C)cnn2)CC1. The molecule has 0 N–H and O–H groups in total. The van der Waals surface area contributed by atoms with Gasteiger partial charge >= 0.3 is 0 Å². The van der Waals surface area contributed by atoms with E-state index in [1.54, 1.807) is 13.1 Å². The maximum Gasteiger partial charge on any atom is 0.151 e. The van der Waals surface area contributed by atoms with E-state index >= 15 is 0 Å². The van der Waals surface area contributed by atoms with Crippen molar-refractivity contribution in [2.75, 3.05) is 18.0 Å². The third kappa shape index (κ3) is 2.38. The Balaban J connectivity index is 2.01. The molecule has 0 amide bonds. The Hall–Kier alpha value is -1.45. The minimum atomic E-state index is 0.244. The first kappa shape index (κ1) is 11.0. The van der Waals surface area contributed by atoms with E-state index in [9.17, 15) is 4.79 Å². The van der Waals surface area contributed by atoms with Crippen LogP contribution in [0, 0.1) is 12.8 Å². The third-order valence-corrected chi connectivity index (χ3v) is 3.17. The summed E-state index contributed by atoms with van der Waals surface area (Å²) in [6, 6.07) is 2.04. The van der Waals surface area contributed by atoms with E-state index in [1.165, 1.54) is 0 Å². The average Bonchev–Trinajstić information content (AvgIpc) is 2.29. The first-order valence-corrected chi connectivity index (χ1v) is 5.71. The smallest absolute Gasteiger partial charge is 0.151 e. The van der Waals surface area contributed by atoms with Gasteiger partial charge in [-0.3, -0.25) is 4.79 Å². The summed E-state index contributed by atoms with van der Waals surface area (Å²) in [6.07, 6.45) is 3.63. The van der Waals surface area contributed by atoms with Gasteiger partial charge < -0.3 is 4.90 Å². The van der Waals surface area contributed by atoms with Crippen molar-refractivity contribution in [3.63, 3.8) is 0 Å². The molecule has 1 aromatic heterocycles. The minimum Gasteiger partial charge on any atom is -0.355 e. The number of nitrogens with zero attached hydrogens (tertiary/aromatic N) is 3. The van der Waals surface area contributed by atoms with Crippen molar-refractivity contribution < 1.29 is 4.79 Å². The van der Waals surface area contributed by atoms with E-state index in [2.05, 4.69) is 15.1 Å². The van der Waals surface area contributed by atoms with Crippen LogP contribution in [0.1, 0.15) is 25.3 Å². The van der Waals surface area contributed by atoms with Gasteiger partial charge in [-0.2, -0.15) is 5.10 Å². The van der Waals surface area contributed by atoms with Crippen molar-refractivity contribution in [2.45, 2.75) is 26.7 Å². The zero-order valence-electron chi connectivity index (χ0n) is 9.81. The molecule has 2 rings (SSSR count). The molecule has 1 saturated heterocycles. The number of anilines is 1. The monoisotopic (exact) mass is 219 g/mol. The maximum absolute atomic E-state index is 11.2. The molecule has 4 nitrogen and oxygen atoms in total. The van der Waals surface area contributed by atoms with Crippen LogP contribution in [0.25, 0.3) is 0 Å². The molecule has 1 aliphatic rings. The molecule has 16 heavy (non-hydrogen) atoms. The normalized spacial score (nSPS) is 17.5. The molecule has 0 atom stereocenters. The average molecular weight is 219 g/mol. The number of Topliss-reactive ketones (excluding diaryl/α,β-unsaturated/α-hetero) is 1. The lowest BCUT2D eigenvalue weighted by molar-refractivity contribution is -0.121. The van der Waals surface area contributed by atoms with Gasteiger partial charge in [-0.15, -0.1) is 5.10 Å². The number of aromatic nitrogens is 2. The van der Waals surface area contributed by atoms with Crippen molar-refractivity contribution in [1.82, 2.24) is 10.2 Å². The van der Waals surface area contributed by atoms with Crippen LogP contribution in [0.15, 0.2) is 12.3 Å². The minimum absolute atomic E-state index is 0.244. The van der Waals surface area contributed by atoms with Crippen LogP contribution >= 0.6 is 0 Å². The fourth-order valence-corrected chi connectivity index (χ4v) is 2.12. The molecule has 0 unspecified atom stereocenters. The van der Waals surface area contributed by atoms with Crippen molar-refractivity contribution in [3.05, 3.63) is 17.8 Å². The zero-order valence-corrected chi connectivity index (χ0v) is 9.81. The molecule has 1 fully saturated rings. The molecule has 0 saturated carbocycles. The molecule has 0 radical (unpaired) electrons. The van der Waals surface area contributed by atoms with Gasteiger partial charge in [-0.25, -0.2) is 0 Å². The summed E-state index contributed by atoms with van der Waals surface area (Å²) in [5, 5.41) is 8.08. The number of ketones is 1. The highest BCUT2D eigenvalue weighted by Crippen LogP contribution is 2.22. The van der Waals surface area contributed by atoms with E-state index in [4.69, 9.17) is 0 Å². The highest BCUT2D eigenvalue weighted by molar-refractivity contribution is 5.78. The first-order chi connectivity index (χ1) is 7.66. The third-order valence-electron chi connectivity index (χ3n) is 3.17. The van der Waals surface area contributed by atoms with E-state index < -0.39 is 0 Å². The van der Waals surface area contributed by atoms with Gasteiger partial charge in [0.15, 0.2) is 5.82 Å². The Morgan fingerprint density at radius 3 is 2.69 bits per heavy atom. The highest BCUT2D eigenvalue weighted by atomic mass is 16.1. The maximum atomic E-state index is 11.2. The summed E-state index contributed by atoms with van der Waals surface area (Å²) in [5.41, 5.74) is 1.12. The molecule has 2 heterocycles. The molecule has 0 aliphatic carbocycles. The number of rotatable bonds is 2. The Morgan fingerprint density at radius 2 is 2.12 bits per heavy atom. The van der Waals surface area contributed by atoms with Crippen LogP contribution in [-0.4, -0.2) is 29.1 Å². The number of hydrogen-bond donors (Lipinski definition) is 0. The second-order valence-corrected chi connectivity index (χ2v) is 4.46. The summed E-state index contributed by atoms with van der Waals surface area (Å²) in [7, 11) is 0. The van der Waals surface area contributed by atoms with Crippen molar-refractivity contribution >= 4 is 11.6 Å². The van der Waals surface area contributed by atoms with Gasteiger partial charge in [0.05, 0.1) is 6.20 Å².